The first-order valence-corrected chi connectivity index (χ1v) is 9.66. The number of thiocarbonyl (C=S) groups is 1. The second kappa shape index (κ2) is 8.70. The molecule has 2 aromatic heterocycles. The summed E-state index contributed by atoms with van der Waals surface area (Å²) in [5, 5.41) is 8.34. The molecule has 0 aliphatic rings. The number of esters is 2. The number of nitrogens with zero attached hydrogens (tertiary/aromatic N) is 3. The quantitative estimate of drug-likeness (QED) is 0.579. The van der Waals surface area contributed by atoms with Gasteiger partial charge in [-0.3, -0.25) is 4.68 Å². The van der Waals surface area contributed by atoms with Crippen LogP contribution in [0.3, 0.4) is 0 Å². The molecule has 0 fully saturated rings. The summed E-state index contributed by atoms with van der Waals surface area (Å²) < 4.78 is 11.5. The second-order valence-electron chi connectivity index (χ2n) is 6.30. The van der Waals surface area contributed by atoms with E-state index in [1.807, 2.05) is 37.5 Å². The fraction of sp³-hybridized carbons (Fsp3) is 0.444. The van der Waals surface area contributed by atoms with Crippen molar-refractivity contribution in [2.75, 3.05) is 26.6 Å². The fourth-order valence-corrected chi connectivity index (χ4v) is 4.13. The summed E-state index contributed by atoms with van der Waals surface area (Å²) in [5.41, 5.74) is 3.85. The summed E-state index contributed by atoms with van der Waals surface area (Å²) in [6.07, 6.45) is 0. The topological polar surface area (TPSA) is 85.7 Å². The molecular formula is C18H24N4O4S2. The van der Waals surface area contributed by atoms with Gasteiger partial charge in [0.05, 0.1) is 25.5 Å². The molecule has 2 rings (SSSR count). The van der Waals surface area contributed by atoms with E-state index in [4.69, 9.17) is 21.7 Å². The molecule has 0 unspecified atom stereocenters. The average Bonchev–Trinajstić information content (AvgIpc) is 3.10. The van der Waals surface area contributed by atoms with E-state index in [1.54, 1.807) is 6.92 Å². The molecule has 0 aliphatic heterocycles. The van der Waals surface area contributed by atoms with Crippen LogP contribution in [-0.2, 0) is 23.1 Å². The zero-order chi connectivity index (χ0) is 21.2. The number of methoxy groups -OCH3 is 2. The van der Waals surface area contributed by atoms with Crippen molar-refractivity contribution in [3.63, 3.8) is 0 Å². The lowest BCUT2D eigenvalue weighted by molar-refractivity contribution is 0.0601. The predicted octanol–water partition coefficient (Wildman–Crippen LogP) is 2.81. The van der Waals surface area contributed by atoms with Crippen molar-refractivity contribution >= 4 is 45.6 Å². The molecule has 152 valence electrons. The molecule has 0 saturated carbocycles. The Balaban J connectivity index is 2.29. The summed E-state index contributed by atoms with van der Waals surface area (Å²) in [6, 6.07) is 0. The average molecular weight is 425 g/mol. The molecule has 2 heterocycles. The molecular weight excluding hydrogens is 400 g/mol. The van der Waals surface area contributed by atoms with Crippen molar-refractivity contribution in [1.29, 1.82) is 0 Å². The van der Waals surface area contributed by atoms with Crippen molar-refractivity contribution in [2.45, 2.75) is 27.3 Å². The van der Waals surface area contributed by atoms with Crippen LogP contribution in [0.5, 0.6) is 0 Å². The molecule has 0 amide bonds. The Kier molecular flexibility index (Phi) is 6.78. The maximum absolute atomic E-state index is 12.2. The number of aryl methyl sites for hydroxylation is 2. The van der Waals surface area contributed by atoms with E-state index in [0.29, 0.717) is 27.1 Å². The van der Waals surface area contributed by atoms with E-state index >= 15 is 0 Å². The zero-order valence-electron chi connectivity index (χ0n) is 17.0. The SMILES string of the molecule is COC(=O)c1sc(NC(=S)N(C)Cc2c(C)nn(C)c2C)c(C(=O)OC)c1C. The first-order valence-electron chi connectivity index (χ1n) is 8.43. The standard InChI is InChI=1S/C18H24N4O4S2/c1-9-13(16(23)25-6)15(28-14(9)17(24)26-7)19-18(27)21(4)8-12-10(2)20-22(5)11(12)3/h8H2,1-7H3,(H,19,27). The maximum Gasteiger partial charge on any atom is 0.348 e. The molecule has 0 spiro atoms. The van der Waals surface area contributed by atoms with Gasteiger partial charge in [0.15, 0.2) is 5.11 Å². The number of hydrogen-bond acceptors (Lipinski definition) is 7. The van der Waals surface area contributed by atoms with Crippen LogP contribution >= 0.6 is 23.6 Å². The molecule has 0 bridgehead atoms. The van der Waals surface area contributed by atoms with Gasteiger partial charge in [-0.25, -0.2) is 9.59 Å². The van der Waals surface area contributed by atoms with E-state index in [0.717, 1.165) is 28.3 Å². The minimum atomic E-state index is -0.546. The number of nitrogens with one attached hydrogen (secondary N) is 1. The molecule has 0 saturated heterocycles. The summed E-state index contributed by atoms with van der Waals surface area (Å²) in [5.74, 6) is -1.06. The van der Waals surface area contributed by atoms with Crippen molar-refractivity contribution in [3.8, 4) is 0 Å². The van der Waals surface area contributed by atoms with Crippen molar-refractivity contribution in [1.82, 2.24) is 14.7 Å². The minimum absolute atomic E-state index is 0.275. The van der Waals surface area contributed by atoms with Crippen molar-refractivity contribution in [3.05, 3.63) is 33.0 Å². The number of aromatic nitrogens is 2. The number of ether oxygens (including phenoxy) is 2. The van der Waals surface area contributed by atoms with Gasteiger partial charge in [-0.1, -0.05) is 0 Å². The third-order valence-corrected chi connectivity index (χ3v) is 6.13. The van der Waals surface area contributed by atoms with Gasteiger partial charge in [-0.15, -0.1) is 11.3 Å². The van der Waals surface area contributed by atoms with Crippen LogP contribution in [0.1, 0.15) is 42.5 Å². The van der Waals surface area contributed by atoms with Crippen LogP contribution in [-0.4, -0.2) is 53.0 Å². The number of carbonyl (C=O) groups is 2. The van der Waals surface area contributed by atoms with Gasteiger partial charge in [0, 0.05) is 31.9 Å². The summed E-state index contributed by atoms with van der Waals surface area (Å²) in [7, 11) is 6.33. The largest absolute Gasteiger partial charge is 0.465 e. The van der Waals surface area contributed by atoms with E-state index in [-0.39, 0.29) is 5.56 Å². The van der Waals surface area contributed by atoms with Gasteiger partial charge in [-0.05, 0) is 38.6 Å². The van der Waals surface area contributed by atoms with E-state index in [2.05, 4.69) is 10.4 Å². The van der Waals surface area contributed by atoms with Gasteiger partial charge in [-0.2, -0.15) is 5.10 Å². The molecule has 8 nitrogen and oxygen atoms in total. The highest BCUT2D eigenvalue weighted by Crippen LogP contribution is 2.34. The molecule has 0 atom stereocenters. The second-order valence-corrected chi connectivity index (χ2v) is 7.71. The summed E-state index contributed by atoms with van der Waals surface area (Å²) in [6.45, 7) is 6.18. The molecule has 0 aliphatic carbocycles. The maximum atomic E-state index is 12.2. The normalized spacial score (nSPS) is 10.5. The lowest BCUT2D eigenvalue weighted by Gasteiger charge is -2.21. The smallest absolute Gasteiger partial charge is 0.348 e. The highest BCUT2D eigenvalue weighted by atomic mass is 32.1. The third kappa shape index (κ3) is 4.17. The zero-order valence-corrected chi connectivity index (χ0v) is 18.6. The minimum Gasteiger partial charge on any atom is -0.465 e. The van der Waals surface area contributed by atoms with Crippen LogP contribution in [0.15, 0.2) is 0 Å². The lowest BCUT2D eigenvalue weighted by Crippen LogP contribution is -2.31. The summed E-state index contributed by atoms with van der Waals surface area (Å²) >= 11 is 6.61. The monoisotopic (exact) mass is 424 g/mol. The van der Waals surface area contributed by atoms with Gasteiger partial charge in [0.25, 0.3) is 0 Å². The predicted molar refractivity (Wildman–Crippen MR) is 112 cm³/mol. The van der Waals surface area contributed by atoms with Crippen LogP contribution in [0, 0.1) is 20.8 Å². The Labute approximate surface area is 173 Å². The molecule has 10 heteroatoms. The fourth-order valence-electron chi connectivity index (χ4n) is 2.78. The molecule has 1 N–H and O–H groups in total. The van der Waals surface area contributed by atoms with Gasteiger partial charge in [0.1, 0.15) is 9.88 Å². The van der Waals surface area contributed by atoms with Crippen molar-refractivity contribution in [2.24, 2.45) is 7.05 Å². The number of rotatable bonds is 5. The van der Waals surface area contributed by atoms with Crippen molar-refractivity contribution < 1.29 is 19.1 Å². The van der Waals surface area contributed by atoms with E-state index < -0.39 is 11.9 Å². The Hall–Kier alpha value is -2.46. The highest BCUT2D eigenvalue weighted by molar-refractivity contribution is 7.80. The highest BCUT2D eigenvalue weighted by Gasteiger charge is 2.26. The Morgan fingerprint density at radius 3 is 2.32 bits per heavy atom. The molecule has 0 radical (unpaired) electrons. The molecule has 0 aromatic carbocycles. The number of carbonyl (C=O) groups excluding carboxylic acids is 2. The Morgan fingerprint density at radius 2 is 1.82 bits per heavy atom. The van der Waals surface area contributed by atoms with Crippen LogP contribution in [0.4, 0.5) is 5.00 Å². The first-order chi connectivity index (χ1) is 13.1. The van der Waals surface area contributed by atoms with Crippen LogP contribution in [0.2, 0.25) is 0 Å². The lowest BCUT2D eigenvalue weighted by atomic mass is 10.1. The third-order valence-electron chi connectivity index (χ3n) is 4.53. The van der Waals surface area contributed by atoms with Crippen LogP contribution in [0.25, 0.3) is 0 Å². The first kappa shape index (κ1) is 21.8. The van der Waals surface area contributed by atoms with E-state index in [1.165, 1.54) is 14.2 Å². The Bertz CT molecular complexity index is 933. The number of thiophene rings is 1. The summed E-state index contributed by atoms with van der Waals surface area (Å²) in [4.78, 5) is 26.4. The number of hydrogen-bond donors (Lipinski definition) is 1. The Morgan fingerprint density at radius 1 is 1.21 bits per heavy atom. The van der Waals surface area contributed by atoms with Crippen LogP contribution < -0.4 is 5.32 Å². The molecule has 28 heavy (non-hydrogen) atoms. The van der Waals surface area contributed by atoms with Gasteiger partial charge in [0.2, 0.25) is 0 Å². The number of anilines is 1. The van der Waals surface area contributed by atoms with E-state index in [9.17, 15) is 9.59 Å². The molecule has 2 aromatic rings. The van der Waals surface area contributed by atoms with Gasteiger partial charge >= 0.3 is 11.9 Å². The van der Waals surface area contributed by atoms with Gasteiger partial charge < -0.3 is 19.7 Å².